The fourth-order valence-corrected chi connectivity index (χ4v) is 5.59. The lowest BCUT2D eigenvalue weighted by Gasteiger charge is -2.43. The van der Waals surface area contributed by atoms with Crippen LogP contribution in [0.1, 0.15) is 30.8 Å². The van der Waals surface area contributed by atoms with E-state index in [4.69, 9.17) is 0 Å². The zero-order valence-corrected chi connectivity index (χ0v) is 16.0. The largest absolute Gasteiger partial charge is 0.291 e. The van der Waals surface area contributed by atoms with Crippen LogP contribution in [0, 0.1) is 13.8 Å². The first-order valence-electron chi connectivity index (χ1n) is 8.62. The van der Waals surface area contributed by atoms with Gasteiger partial charge in [0.05, 0.1) is 11.4 Å². The van der Waals surface area contributed by atoms with Gasteiger partial charge in [-0.2, -0.15) is 9.40 Å². The molecule has 2 atom stereocenters. The van der Waals surface area contributed by atoms with Crippen molar-refractivity contribution in [1.82, 2.24) is 19.4 Å². The van der Waals surface area contributed by atoms with E-state index in [-0.39, 0.29) is 12.1 Å². The van der Waals surface area contributed by atoms with Crippen LogP contribution in [0.3, 0.4) is 0 Å². The summed E-state index contributed by atoms with van der Waals surface area (Å²) in [6.07, 6.45) is 0. The van der Waals surface area contributed by atoms with E-state index in [2.05, 4.69) is 41.1 Å². The molecule has 0 aliphatic carbocycles. The second kappa shape index (κ2) is 6.90. The molecule has 6 nitrogen and oxygen atoms in total. The molecule has 0 amide bonds. The molecule has 0 bridgehead atoms. The number of H-pyrrole nitrogens is 1. The molecule has 1 aliphatic rings. The molecule has 7 heteroatoms. The van der Waals surface area contributed by atoms with Crippen LogP contribution >= 0.6 is 0 Å². The second-order valence-electron chi connectivity index (χ2n) is 6.94. The van der Waals surface area contributed by atoms with Crippen LogP contribution < -0.4 is 0 Å². The van der Waals surface area contributed by atoms with Crippen molar-refractivity contribution in [3.05, 3.63) is 47.3 Å². The Morgan fingerprint density at radius 1 is 1.12 bits per heavy atom. The van der Waals surface area contributed by atoms with E-state index in [0.29, 0.717) is 29.4 Å². The number of aryl methyl sites for hydroxylation is 2. The minimum absolute atomic E-state index is 0.145. The number of nitrogens with one attached hydrogen (secondary N) is 1. The normalized spacial score (nSPS) is 23.0. The first-order valence-corrected chi connectivity index (χ1v) is 10.1. The van der Waals surface area contributed by atoms with Crippen molar-refractivity contribution in [3.8, 4) is 0 Å². The standard InChI is InChI=1S/C18H26N4O2S/c1-13-10-21(25(23,24)18-15(3)19-20-16(18)4)11-14(2)22(13)12-17-8-6-5-7-9-17/h5-9,13-14H,10-12H2,1-4H3,(H,19,20). The lowest BCUT2D eigenvalue weighted by atomic mass is 10.1. The summed E-state index contributed by atoms with van der Waals surface area (Å²) in [5.74, 6) is 0. The van der Waals surface area contributed by atoms with Crippen molar-refractivity contribution in [2.45, 2.75) is 51.2 Å². The molecule has 2 heterocycles. The maximum Gasteiger partial charge on any atom is 0.246 e. The SMILES string of the molecule is Cc1n[nH]c(C)c1S(=O)(=O)N1CC(C)N(Cc2ccccc2)C(C)C1. The van der Waals surface area contributed by atoms with Crippen LogP contribution in [0.25, 0.3) is 0 Å². The summed E-state index contributed by atoms with van der Waals surface area (Å²) in [4.78, 5) is 2.69. The molecular formula is C18H26N4O2S. The highest BCUT2D eigenvalue weighted by Crippen LogP contribution is 2.27. The Morgan fingerprint density at radius 2 is 1.72 bits per heavy atom. The van der Waals surface area contributed by atoms with Gasteiger partial charge in [-0.3, -0.25) is 10.00 Å². The Balaban J connectivity index is 1.80. The van der Waals surface area contributed by atoms with Crippen molar-refractivity contribution in [2.75, 3.05) is 13.1 Å². The quantitative estimate of drug-likeness (QED) is 0.906. The molecule has 1 fully saturated rings. The zero-order chi connectivity index (χ0) is 18.2. The van der Waals surface area contributed by atoms with Crippen molar-refractivity contribution < 1.29 is 8.42 Å². The van der Waals surface area contributed by atoms with Crippen molar-refractivity contribution in [1.29, 1.82) is 0 Å². The number of sulfonamides is 1. The van der Waals surface area contributed by atoms with Gasteiger partial charge in [0.2, 0.25) is 10.0 Å². The van der Waals surface area contributed by atoms with Crippen LogP contribution in [0.4, 0.5) is 0 Å². The average molecular weight is 362 g/mol. The monoisotopic (exact) mass is 362 g/mol. The Bertz CT molecular complexity index is 801. The highest BCUT2D eigenvalue weighted by atomic mass is 32.2. The molecule has 0 saturated carbocycles. The molecule has 0 radical (unpaired) electrons. The third-order valence-corrected chi connectivity index (χ3v) is 7.03. The van der Waals surface area contributed by atoms with E-state index in [9.17, 15) is 8.42 Å². The van der Waals surface area contributed by atoms with Crippen molar-refractivity contribution in [3.63, 3.8) is 0 Å². The highest BCUT2D eigenvalue weighted by molar-refractivity contribution is 7.89. The summed E-state index contributed by atoms with van der Waals surface area (Å²) < 4.78 is 27.8. The molecule has 136 valence electrons. The van der Waals surface area contributed by atoms with Gasteiger partial charge in [-0.1, -0.05) is 30.3 Å². The first-order chi connectivity index (χ1) is 11.8. The van der Waals surface area contributed by atoms with Gasteiger partial charge >= 0.3 is 0 Å². The number of aromatic amines is 1. The summed E-state index contributed by atoms with van der Waals surface area (Å²) in [5, 5.41) is 6.82. The van der Waals surface area contributed by atoms with Gasteiger partial charge < -0.3 is 0 Å². The number of piperazine rings is 1. The number of rotatable bonds is 4. The predicted octanol–water partition coefficient (Wildman–Crippen LogP) is 2.31. The summed E-state index contributed by atoms with van der Waals surface area (Å²) in [5.41, 5.74) is 2.38. The number of hydrogen-bond acceptors (Lipinski definition) is 4. The smallest absolute Gasteiger partial charge is 0.246 e. The van der Waals surface area contributed by atoms with Gasteiger partial charge in [0.25, 0.3) is 0 Å². The number of aromatic nitrogens is 2. The second-order valence-corrected chi connectivity index (χ2v) is 8.82. The minimum atomic E-state index is -3.53. The zero-order valence-electron chi connectivity index (χ0n) is 15.2. The highest BCUT2D eigenvalue weighted by Gasteiger charge is 2.37. The maximum atomic E-state index is 13.1. The van der Waals surface area contributed by atoms with Crippen molar-refractivity contribution >= 4 is 10.0 Å². The Morgan fingerprint density at radius 3 is 2.24 bits per heavy atom. The molecule has 1 aromatic carbocycles. The van der Waals surface area contributed by atoms with Gasteiger partial charge in [0.1, 0.15) is 4.90 Å². The molecule has 2 unspecified atom stereocenters. The van der Waals surface area contributed by atoms with E-state index < -0.39 is 10.0 Å². The van der Waals surface area contributed by atoms with E-state index in [1.807, 2.05) is 18.2 Å². The van der Waals surface area contributed by atoms with Gasteiger partial charge in [0, 0.05) is 31.7 Å². The molecule has 3 rings (SSSR count). The van der Waals surface area contributed by atoms with E-state index in [0.717, 1.165) is 6.54 Å². The third-order valence-electron chi connectivity index (χ3n) is 4.93. The minimum Gasteiger partial charge on any atom is -0.291 e. The van der Waals surface area contributed by atoms with Crippen LogP contribution in [0.5, 0.6) is 0 Å². The van der Waals surface area contributed by atoms with Crippen LogP contribution in [-0.2, 0) is 16.6 Å². The molecule has 2 aromatic rings. The molecule has 0 spiro atoms. The molecule has 1 saturated heterocycles. The van der Waals surface area contributed by atoms with Gasteiger partial charge in [-0.15, -0.1) is 0 Å². The van der Waals surface area contributed by atoms with Crippen LogP contribution in [0.2, 0.25) is 0 Å². The lowest BCUT2D eigenvalue weighted by molar-refractivity contribution is 0.0698. The fraction of sp³-hybridized carbons (Fsp3) is 0.500. The molecule has 1 aliphatic heterocycles. The van der Waals surface area contributed by atoms with Crippen LogP contribution in [0.15, 0.2) is 35.2 Å². The third kappa shape index (κ3) is 3.49. The lowest BCUT2D eigenvalue weighted by Crippen LogP contribution is -2.57. The summed E-state index contributed by atoms with van der Waals surface area (Å²) in [6, 6.07) is 10.6. The Hall–Kier alpha value is -1.70. The van der Waals surface area contributed by atoms with Crippen molar-refractivity contribution in [2.24, 2.45) is 0 Å². The molecule has 25 heavy (non-hydrogen) atoms. The number of benzene rings is 1. The van der Waals surface area contributed by atoms with E-state index in [1.54, 1.807) is 18.2 Å². The van der Waals surface area contributed by atoms with Gasteiger partial charge in [0.15, 0.2) is 0 Å². The predicted molar refractivity (Wildman–Crippen MR) is 97.7 cm³/mol. The molecule has 1 N–H and O–H groups in total. The first kappa shape index (κ1) is 18.1. The fourth-order valence-electron chi connectivity index (χ4n) is 3.66. The summed E-state index contributed by atoms with van der Waals surface area (Å²) in [6.45, 7) is 9.49. The van der Waals surface area contributed by atoms with Gasteiger partial charge in [-0.05, 0) is 33.3 Å². The Labute approximate surface area is 149 Å². The Kier molecular flexibility index (Phi) is 4.99. The average Bonchev–Trinajstić information content (AvgIpc) is 2.91. The van der Waals surface area contributed by atoms with E-state index in [1.165, 1.54) is 5.56 Å². The topological polar surface area (TPSA) is 69.3 Å². The molecular weight excluding hydrogens is 336 g/mol. The van der Waals surface area contributed by atoms with Crippen LogP contribution in [-0.4, -0.2) is 53.0 Å². The van der Waals surface area contributed by atoms with Gasteiger partial charge in [-0.25, -0.2) is 8.42 Å². The van der Waals surface area contributed by atoms with E-state index >= 15 is 0 Å². The number of nitrogens with zero attached hydrogens (tertiary/aromatic N) is 3. The number of hydrogen-bond donors (Lipinski definition) is 1. The maximum absolute atomic E-state index is 13.1. The summed E-state index contributed by atoms with van der Waals surface area (Å²) in [7, 11) is -3.53. The summed E-state index contributed by atoms with van der Waals surface area (Å²) >= 11 is 0. The molecule has 1 aromatic heterocycles.